The van der Waals surface area contributed by atoms with E-state index in [1.807, 2.05) is 0 Å². The fraction of sp³-hybridized carbons (Fsp3) is 0.273. The second kappa shape index (κ2) is 4.30. The van der Waals surface area contributed by atoms with Crippen LogP contribution in [0.15, 0.2) is 24.3 Å². The number of hydrogen-bond acceptors (Lipinski definition) is 2. The summed E-state index contributed by atoms with van der Waals surface area (Å²) in [7, 11) is 0. The number of halogens is 1. The summed E-state index contributed by atoms with van der Waals surface area (Å²) in [5.41, 5.74) is -0.0318. The zero-order chi connectivity index (χ0) is 11.5. The summed E-state index contributed by atoms with van der Waals surface area (Å²) >= 11 is 0. The molecule has 0 aromatic heterocycles. The van der Waals surface area contributed by atoms with Crippen molar-refractivity contribution in [1.29, 1.82) is 0 Å². The average Bonchev–Trinajstić information content (AvgIpc) is 3.06. The van der Waals surface area contributed by atoms with Crippen LogP contribution in [0.5, 0.6) is 0 Å². The minimum Gasteiger partial charge on any atom is -0.335 e. The number of anilines is 1. The Bertz CT molecular complexity index is 418. The van der Waals surface area contributed by atoms with Gasteiger partial charge >= 0.3 is 6.03 Å². The first-order valence-corrected chi connectivity index (χ1v) is 5.02. The van der Waals surface area contributed by atoms with Gasteiger partial charge in [0.2, 0.25) is 6.41 Å². The molecule has 5 heteroatoms. The monoisotopic (exact) mass is 222 g/mol. The maximum atomic E-state index is 13.4. The van der Waals surface area contributed by atoms with E-state index in [9.17, 15) is 14.0 Å². The van der Waals surface area contributed by atoms with Gasteiger partial charge in [-0.05, 0) is 25.0 Å². The summed E-state index contributed by atoms with van der Waals surface area (Å²) in [6.07, 6.45) is 2.14. The molecule has 3 amide bonds. The van der Waals surface area contributed by atoms with Crippen molar-refractivity contribution >= 4 is 18.1 Å². The van der Waals surface area contributed by atoms with Gasteiger partial charge in [-0.1, -0.05) is 12.1 Å². The molecule has 1 aliphatic carbocycles. The van der Waals surface area contributed by atoms with E-state index >= 15 is 0 Å². The van der Waals surface area contributed by atoms with E-state index in [1.54, 1.807) is 6.07 Å². The van der Waals surface area contributed by atoms with Crippen molar-refractivity contribution in [1.82, 2.24) is 5.32 Å². The zero-order valence-electron chi connectivity index (χ0n) is 8.52. The number of rotatable bonds is 3. The highest BCUT2D eigenvalue weighted by Gasteiger charge is 2.27. The number of imide groups is 1. The lowest BCUT2D eigenvalue weighted by atomic mass is 10.3. The van der Waals surface area contributed by atoms with E-state index in [4.69, 9.17) is 0 Å². The first-order valence-electron chi connectivity index (χ1n) is 5.02. The minimum atomic E-state index is -0.597. The first kappa shape index (κ1) is 10.6. The summed E-state index contributed by atoms with van der Waals surface area (Å²) in [6, 6.07) is 5.20. The Morgan fingerprint density at radius 1 is 1.44 bits per heavy atom. The summed E-state index contributed by atoms with van der Waals surface area (Å²) < 4.78 is 13.4. The fourth-order valence-electron chi connectivity index (χ4n) is 1.33. The van der Waals surface area contributed by atoms with E-state index in [2.05, 4.69) is 5.32 Å². The molecule has 1 saturated carbocycles. The lowest BCUT2D eigenvalue weighted by Gasteiger charge is -2.16. The predicted molar refractivity (Wildman–Crippen MR) is 56.5 cm³/mol. The third-order valence-electron chi connectivity index (χ3n) is 2.34. The Kier molecular flexibility index (Phi) is 2.85. The van der Waals surface area contributed by atoms with Crippen LogP contribution in [0.4, 0.5) is 14.9 Å². The number of carbonyl (C=O) groups is 2. The molecule has 0 aliphatic heterocycles. The van der Waals surface area contributed by atoms with Crippen molar-refractivity contribution in [3.05, 3.63) is 30.1 Å². The van der Waals surface area contributed by atoms with Crippen LogP contribution in [-0.4, -0.2) is 18.5 Å². The van der Waals surface area contributed by atoms with Gasteiger partial charge in [-0.3, -0.25) is 4.79 Å². The Morgan fingerprint density at radius 2 is 2.12 bits per heavy atom. The van der Waals surface area contributed by atoms with E-state index in [1.165, 1.54) is 18.2 Å². The van der Waals surface area contributed by atoms with Gasteiger partial charge in [-0.2, -0.15) is 0 Å². The number of hydrogen-bond donors (Lipinski definition) is 1. The normalized spacial score (nSPS) is 14.3. The van der Waals surface area contributed by atoms with E-state index in [0.717, 1.165) is 17.7 Å². The number of carbonyl (C=O) groups excluding carboxylic acids is 2. The molecule has 1 fully saturated rings. The molecule has 1 aliphatic rings. The number of nitrogens with zero attached hydrogens (tertiary/aromatic N) is 1. The van der Waals surface area contributed by atoms with Crippen molar-refractivity contribution in [3.8, 4) is 0 Å². The molecule has 0 spiro atoms. The van der Waals surface area contributed by atoms with Gasteiger partial charge < -0.3 is 5.32 Å². The molecule has 0 radical (unpaired) electrons. The maximum absolute atomic E-state index is 13.4. The van der Waals surface area contributed by atoms with Crippen molar-refractivity contribution < 1.29 is 14.0 Å². The molecule has 0 bridgehead atoms. The standard InChI is InChI=1S/C11H11FN2O2/c12-9-3-1-2-4-10(9)14(7-15)11(16)13-8-5-6-8/h1-4,7-8H,5-6H2,(H,13,16). The van der Waals surface area contributed by atoms with Crippen LogP contribution in [0, 0.1) is 5.82 Å². The van der Waals surface area contributed by atoms with Gasteiger partial charge in [0.05, 0.1) is 5.69 Å². The van der Waals surface area contributed by atoms with Crippen molar-refractivity contribution in [2.45, 2.75) is 18.9 Å². The van der Waals surface area contributed by atoms with Gasteiger partial charge in [-0.15, -0.1) is 0 Å². The summed E-state index contributed by atoms with van der Waals surface area (Å²) in [4.78, 5) is 23.1. The average molecular weight is 222 g/mol. The lowest BCUT2D eigenvalue weighted by molar-refractivity contribution is -0.106. The number of urea groups is 1. The molecule has 4 nitrogen and oxygen atoms in total. The van der Waals surface area contributed by atoms with Crippen LogP contribution in [0.25, 0.3) is 0 Å². The first-order chi connectivity index (χ1) is 7.72. The van der Waals surface area contributed by atoms with Crippen molar-refractivity contribution in [3.63, 3.8) is 0 Å². The van der Waals surface area contributed by atoms with Gasteiger partial charge in [0, 0.05) is 6.04 Å². The number of benzene rings is 1. The van der Waals surface area contributed by atoms with E-state index in [-0.39, 0.29) is 11.7 Å². The molecule has 16 heavy (non-hydrogen) atoms. The molecule has 0 saturated heterocycles. The molecular formula is C11H11FN2O2. The topological polar surface area (TPSA) is 49.4 Å². The second-order valence-corrected chi connectivity index (χ2v) is 3.65. The van der Waals surface area contributed by atoms with Crippen molar-refractivity contribution in [2.24, 2.45) is 0 Å². The van der Waals surface area contributed by atoms with Crippen LogP contribution >= 0.6 is 0 Å². The number of amides is 3. The third kappa shape index (κ3) is 2.18. The SMILES string of the molecule is O=CN(C(=O)NC1CC1)c1ccccc1F. The van der Waals surface area contributed by atoms with Crippen molar-refractivity contribution in [2.75, 3.05) is 4.90 Å². The Balaban J connectivity index is 2.17. The van der Waals surface area contributed by atoms with Gasteiger partial charge in [0.25, 0.3) is 0 Å². The maximum Gasteiger partial charge on any atom is 0.328 e. The molecular weight excluding hydrogens is 211 g/mol. The van der Waals surface area contributed by atoms with Crippen LogP contribution in [0.3, 0.4) is 0 Å². The van der Waals surface area contributed by atoms with E-state index < -0.39 is 11.8 Å². The van der Waals surface area contributed by atoms with Gasteiger partial charge in [0.15, 0.2) is 0 Å². The van der Waals surface area contributed by atoms with Gasteiger partial charge in [0.1, 0.15) is 5.82 Å². The smallest absolute Gasteiger partial charge is 0.328 e. The molecule has 84 valence electrons. The Hall–Kier alpha value is -1.91. The van der Waals surface area contributed by atoms with E-state index in [0.29, 0.717) is 6.41 Å². The third-order valence-corrected chi connectivity index (χ3v) is 2.34. The quantitative estimate of drug-likeness (QED) is 0.791. The molecule has 1 aromatic carbocycles. The summed E-state index contributed by atoms with van der Waals surface area (Å²) in [6.45, 7) is 0. The predicted octanol–water partition coefficient (Wildman–Crippen LogP) is 1.66. The van der Waals surface area contributed by atoms with Crippen LogP contribution in [0.1, 0.15) is 12.8 Å². The molecule has 1 N–H and O–H groups in total. The van der Waals surface area contributed by atoms with Crippen LogP contribution in [0.2, 0.25) is 0 Å². The molecule has 1 aromatic rings. The molecule has 0 atom stereocenters. The molecule has 2 rings (SSSR count). The highest BCUT2D eigenvalue weighted by atomic mass is 19.1. The Morgan fingerprint density at radius 3 is 2.69 bits per heavy atom. The minimum absolute atomic E-state index is 0.0318. The largest absolute Gasteiger partial charge is 0.335 e. The lowest BCUT2D eigenvalue weighted by Crippen LogP contribution is -2.40. The van der Waals surface area contributed by atoms with Crippen LogP contribution < -0.4 is 10.2 Å². The number of para-hydroxylation sites is 1. The molecule has 0 unspecified atom stereocenters. The highest BCUT2D eigenvalue weighted by Crippen LogP contribution is 2.21. The van der Waals surface area contributed by atoms with Crippen LogP contribution in [-0.2, 0) is 4.79 Å². The highest BCUT2D eigenvalue weighted by molar-refractivity contribution is 6.06. The Labute approximate surface area is 92.0 Å². The fourth-order valence-corrected chi connectivity index (χ4v) is 1.33. The summed E-state index contributed by atoms with van der Waals surface area (Å²) in [5, 5.41) is 2.62. The molecule has 0 heterocycles. The number of nitrogens with one attached hydrogen (secondary N) is 1. The van der Waals surface area contributed by atoms with Gasteiger partial charge in [-0.25, -0.2) is 14.1 Å². The zero-order valence-corrected chi connectivity index (χ0v) is 8.52. The summed E-state index contributed by atoms with van der Waals surface area (Å²) in [5.74, 6) is -0.597. The second-order valence-electron chi connectivity index (χ2n) is 3.65.